The van der Waals surface area contributed by atoms with E-state index in [2.05, 4.69) is 4.98 Å². The SMILES string of the molecule is Fc1cc2c(cc1I)[nH]c(=S)n2-c1ccc(F)c(F)c1F. The molecule has 1 heterocycles. The first-order valence-corrected chi connectivity index (χ1v) is 7.12. The van der Waals surface area contributed by atoms with Crippen LogP contribution in [0.3, 0.4) is 0 Å². The van der Waals surface area contributed by atoms with E-state index in [0.717, 1.165) is 22.8 Å². The molecule has 0 aliphatic heterocycles. The van der Waals surface area contributed by atoms with Crippen LogP contribution in [0.1, 0.15) is 0 Å². The third-order valence-corrected chi connectivity index (χ3v) is 4.09. The van der Waals surface area contributed by atoms with Gasteiger partial charge in [0.05, 0.1) is 20.3 Å². The third-order valence-electron chi connectivity index (χ3n) is 2.98. The molecule has 0 bridgehead atoms. The van der Waals surface area contributed by atoms with Crippen molar-refractivity contribution in [1.29, 1.82) is 0 Å². The highest BCUT2D eigenvalue weighted by atomic mass is 127. The van der Waals surface area contributed by atoms with Crippen molar-refractivity contribution in [2.24, 2.45) is 0 Å². The zero-order valence-corrected chi connectivity index (χ0v) is 13.0. The van der Waals surface area contributed by atoms with Gasteiger partial charge in [-0.1, -0.05) is 0 Å². The summed E-state index contributed by atoms with van der Waals surface area (Å²) in [6, 6.07) is 4.49. The Morgan fingerprint density at radius 2 is 1.71 bits per heavy atom. The van der Waals surface area contributed by atoms with Crippen LogP contribution in [-0.2, 0) is 0 Å². The number of nitrogens with zero attached hydrogens (tertiary/aromatic N) is 1. The Hall–Kier alpha value is -1.42. The second-order valence-corrected chi connectivity index (χ2v) is 5.79. The molecule has 3 rings (SSSR count). The van der Waals surface area contributed by atoms with Gasteiger partial charge >= 0.3 is 0 Å². The summed E-state index contributed by atoms with van der Waals surface area (Å²) in [7, 11) is 0. The Morgan fingerprint density at radius 1 is 1.00 bits per heavy atom. The molecule has 0 radical (unpaired) electrons. The number of halogens is 5. The first-order valence-electron chi connectivity index (χ1n) is 5.64. The summed E-state index contributed by atoms with van der Waals surface area (Å²) in [4.78, 5) is 2.78. The van der Waals surface area contributed by atoms with E-state index in [-0.39, 0.29) is 16.0 Å². The first-order chi connectivity index (χ1) is 9.90. The highest BCUT2D eigenvalue weighted by Gasteiger charge is 2.18. The molecule has 108 valence electrons. The zero-order valence-electron chi connectivity index (χ0n) is 10.1. The fraction of sp³-hybridized carbons (Fsp3) is 0. The number of imidazole rings is 1. The molecule has 2 nitrogen and oxygen atoms in total. The molecule has 0 aliphatic carbocycles. The quantitative estimate of drug-likeness (QED) is 0.257. The molecule has 1 aromatic heterocycles. The second kappa shape index (κ2) is 5.09. The highest BCUT2D eigenvalue weighted by molar-refractivity contribution is 14.1. The molecule has 0 saturated heterocycles. The predicted octanol–water partition coefficient (Wildman–Crippen LogP) is 4.85. The Labute approximate surface area is 134 Å². The Morgan fingerprint density at radius 3 is 2.43 bits per heavy atom. The molecule has 0 amide bonds. The van der Waals surface area contributed by atoms with Crippen LogP contribution in [0.2, 0.25) is 0 Å². The van der Waals surface area contributed by atoms with Gasteiger partial charge in [0.15, 0.2) is 22.2 Å². The van der Waals surface area contributed by atoms with E-state index in [4.69, 9.17) is 12.2 Å². The summed E-state index contributed by atoms with van der Waals surface area (Å²) in [6.45, 7) is 0. The summed E-state index contributed by atoms with van der Waals surface area (Å²) in [5, 5.41) is 0. The van der Waals surface area contributed by atoms with Gasteiger partial charge in [-0.25, -0.2) is 17.6 Å². The van der Waals surface area contributed by atoms with E-state index in [1.807, 2.05) is 0 Å². The van der Waals surface area contributed by atoms with Crippen LogP contribution in [-0.4, -0.2) is 9.55 Å². The maximum Gasteiger partial charge on any atom is 0.196 e. The van der Waals surface area contributed by atoms with Gasteiger partial charge in [-0.2, -0.15) is 0 Å². The van der Waals surface area contributed by atoms with Gasteiger partial charge in [-0.05, 0) is 53.0 Å². The molecule has 0 unspecified atom stereocenters. The minimum Gasteiger partial charge on any atom is -0.330 e. The Bertz CT molecular complexity index is 932. The normalized spacial score (nSPS) is 11.3. The number of nitrogens with one attached hydrogen (secondary N) is 1. The number of hydrogen-bond donors (Lipinski definition) is 1. The second-order valence-electron chi connectivity index (χ2n) is 4.24. The topological polar surface area (TPSA) is 20.7 Å². The van der Waals surface area contributed by atoms with Crippen molar-refractivity contribution in [3.05, 3.63) is 55.9 Å². The lowest BCUT2D eigenvalue weighted by atomic mass is 10.2. The minimum atomic E-state index is -1.60. The van der Waals surface area contributed by atoms with E-state index in [0.29, 0.717) is 9.09 Å². The predicted molar refractivity (Wildman–Crippen MR) is 81.0 cm³/mol. The van der Waals surface area contributed by atoms with Crippen LogP contribution in [0.4, 0.5) is 17.6 Å². The van der Waals surface area contributed by atoms with Gasteiger partial charge in [-0.15, -0.1) is 0 Å². The van der Waals surface area contributed by atoms with Crippen LogP contribution in [0.25, 0.3) is 16.7 Å². The number of hydrogen-bond acceptors (Lipinski definition) is 1. The van der Waals surface area contributed by atoms with Crippen molar-refractivity contribution in [3.8, 4) is 5.69 Å². The molecule has 2 aromatic carbocycles. The van der Waals surface area contributed by atoms with Gasteiger partial charge in [-0.3, -0.25) is 4.57 Å². The molecule has 0 spiro atoms. The fourth-order valence-corrected chi connectivity index (χ4v) is 2.80. The molecular formula is C13H5F4IN2S. The number of aromatic amines is 1. The summed E-state index contributed by atoms with van der Waals surface area (Å²) < 4.78 is 55.5. The number of aromatic nitrogens is 2. The standard InChI is InChI=1S/C13H5F4IN2S/c14-5-1-2-9(12(17)11(5)16)20-10-3-6(15)7(18)4-8(10)19-13(20)21/h1-4H,(H,19,21). The fourth-order valence-electron chi connectivity index (χ4n) is 2.03. The van der Waals surface area contributed by atoms with E-state index in [9.17, 15) is 17.6 Å². The van der Waals surface area contributed by atoms with Crippen LogP contribution < -0.4 is 0 Å². The summed E-state index contributed by atoms with van der Waals surface area (Å²) in [6.07, 6.45) is 0. The van der Waals surface area contributed by atoms with Crippen molar-refractivity contribution in [2.75, 3.05) is 0 Å². The van der Waals surface area contributed by atoms with Crippen molar-refractivity contribution in [2.45, 2.75) is 0 Å². The lowest BCUT2D eigenvalue weighted by molar-refractivity contribution is 0.445. The Balaban J connectivity index is 2.41. The molecular weight excluding hydrogens is 419 g/mol. The van der Waals surface area contributed by atoms with Crippen LogP contribution in [0.15, 0.2) is 24.3 Å². The van der Waals surface area contributed by atoms with E-state index < -0.39 is 23.3 Å². The van der Waals surface area contributed by atoms with Crippen molar-refractivity contribution < 1.29 is 17.6 Å². The Kier molecular flexibility index (Phi) is 3.52. The zero-order chi connectivity index (χ0) is 15.3. The summed E-state index contributed by atoms with van der Waals surface area (Å²) in [5.41, 5.74) is 0.420. The van der Waals surface area contributed by atoms with Gasteiger partial charge in [0.25, 0.3) is 0 Å². The average Bonchev–Trinajstić information content (AvgIpc) is 2.73. The number of benzene rings is 2. The molecule has 1 N–H and O–H groups in total. The van der Waals surface area contributed by atoms with Crippen molar-refractivity contribution in [3.63, 3.8) is 0 Å². The number of rotatable bonds is 1. The molecule has 8 heteroatoms. The van der Waals surface area contributed by atoms with Crippen molar-refractivity contribution >= 4 is 45.8 Å². The third kappa shape index (κ3) is 2.26. The van der Waals surface area contributed by atoms with E-state index in [1.54, 1.807) is 22.6 Å². The van der Waals surface area contributed by atoms with Gasteiger partial charge in [0.2, 0.25) is 0 Å². The number of fused-ring (bicyclic) bond motifs is 1. The largest absolute Gasteiger partial charge is 0.330 e. The average molecular weight is 424 g/mol. The smallest absolute Gasteiger partial charge is 0.196 e. The van der Waals surface area contributed by atoms with Gasteiger partial charge < -0.3 is 4.98 Å². The lowest BCUT2D eigenvalue weighted by Gasteiger charge is -2.07. The number of H-pyrrole nitrogens is 1. The summed E-state index contributed by atoms with van der Waals surface area (Å²) in [5.74, 6) is -4.81. The molecule has 21 heavy (non-hydrogen) atoms. The molecule has 0 aliphatic rings. The highest BCUT2D eigenvalue weighted by Crippen LogP contribution is 2.26. The first kappa shape index (κ1) is 14.5. The van der Waals surface area contributed by atoms with Gasteiger partial charge in [0.1, 0.15) is 5.82 Å². The molecule has 0 atom stereocenters. The van der Waals surface area contributed by atoms with Crippen LogP contribution in [0, 0.1) is 31.6 Å². The van der Waals surface area contributed by atoms with Crippen LogP contribution >= 0.6 is 34.8 Å². The van der Waals surface area contributed by atoms with Crippen molar-refractivity contribution in [1.82, 2.24) is 9.55 Å². The monoisotopic (exact) mass is 424 g/mol. The molecule has 3 aromatic rings. The summed E-state index contributed by atoms with van der Waals surface area (Å²) >= 11 is 6.86. The maximum atomic E-state index is 13.9. The molecule has 0 fully saturated rings. The lowest BCUT2D eigenvalue weighted by Crippen LogP contribution is -2.02. The minimum absolute atomic E-state index is 0.0521. The van der Waals surface area contributed by atoms with Crippen LogP contribution in [0.5, 0.6) is 0 Å². The maximum absolute atomic E-state index is 13.9. The molecule has 0 saturated carbocycles. The van der Waals surface area contributed by atoms with Gasteiger partial charge in [0, 0.05) is 6.07 Å². The van der Waals surface area contributed by atoms with E-state index in [1.165, 1.54) is 6.07 Å². The van der Waals surface area contributed by atoms with E-state index >= 15 is 0 Å².